The summed E-state index contributed by atoms with van der Waals surface area (Å²) in [6.07, 6.45) is 2.53. The van der Waals surface area contributed by atoms with E-state index >= 15 is 0 Å². The monoisotopic (exact) mass is 221 g/mol. The highest BCUT2D eigenvalue weighted by Crippen LogP contribution is 2.26. The first-order valence-corrected chi connectivity index (χ1v) is 6.41. The van der Waals surface area contributed by atoms with Crippen molar-refractivity contribution in [3.63, 3.8) is 0 Å². The Bertz CT molecular complexity index is 286. The minimum absolute atomic E-state index is 0.756. The van der Waals surface area contributed by atoms with E-state index in [2.05, 4.69) is 47.9 Å². The summed E-state index contributed by atoms with van der Waals surface area (Å²) in [4.78, 5) is 2.56. The third-order valence-corrected chi connectivity index (χ3v) is 3.49. The molecule has 0 N–H and O–H groups in total. The zero-order valence-corrected chi connectivity index (χ0v) is 10.00. The van der Waals surface area contributed by atoms with E-state index in [0.717, 1.165) is 11.7 Å². The molecule has 1 aromatic rings. The number of thiol groups is 1. The molecule has 1 heterocycles. The first-order valence-electron chi connectivity index (χ1n) is 5.78. The fourth-order valence-corrected chi connectivity index (χ4v) is 2.47. The van der Waals surface area contributed by atoms with Crippen LogP contribution in [0.15, 0.2) is 30.3 Å². The second kappa shape index (κ2) is 5.57. The Morgan fingerprint density at radius 2 is 2.07 bits per heavy atom. The van der Waals surface area contributed by atoms with Crippen molar-refractivity contribution in [1.82, 2.24) is 4.90 Å². The summed E-state index contributed by atoms with van der Waals surface area (Å²) < 4.78 is 0. The van der Waals surface area contributed by atoms with Gasteiger partial charge in [0.1, 0.15) is 0 Å². The maximum atomic E-state index is 4.26. The predicted molar refractivity (Wildman–Crippen MR) is 68.7 cm³/mol. The van der Waals surface area contributed by atoms with Gasteiger partial charge in [-0.25, -0.2) is 0 Å². The van der Waals surface area contributed by atoms with Crippen molar-refractivity contribution < 1.29 is 0 Å². The highest BCUT2D eigenvalue weighted by atomic mass is 32.1. The Morgan fingerprint density at radius 3 is 2.80 bits per heavy atom. The van der Waals surface area contributed by atoms with Gasteiger partial charge >= 0.3 is 0 Å². The second-order valence-corrected chi connectivity index (χ2v) is 4.72. The van der Waals surface area contributed by atoms with Gasteiger partial charge in [-0.05, 0) is 43.2 Å². The van der Waals surface area contributed by atoms with E-state index in [4.69, 9.17) is 0 Å². The van der Waals surface area contributed by atoms with E-state index in [0.29, 0.717) is 0 Å². The van der Waals surface area contributed by atoms with Crippen LogP contribution in [0, 0.1) is 0 Å². The lowest BCUT2D eigenvalue weighted by atomic mass is 9.99. The van der Waals surface area contributed by atoms with Crippen LogP contribution < -0.4 is 0 Å². The van der Waals surface area contributed by atoms with Crippen LogP contribution in [0.3, 0.4) is 0 Å². The molecule has 0 saturated carbocycles. The van der Waals surface area contributed by atoms with Gasteiger partial charge in [0.25, 0.3) is 0 Å². The van der Waals surface area contributed by atoms with Crippen molar-refractivity contribution in [2.24, 2.45) is 0 Å². The molecule has 0 spiro atoms. The molecule has 82 valence electrons. The standard InChI is InChI=1S/C13H19NS/c15-10-4-8-14-9-7-13(11-14)12-5-2-1-3-6-12/h1-3,5-6,13,15H,4,7-11H2. The number of nitrogens with zero attached hydrogens (tertiary/aromatic N) is 1. The molecule has 0 amide bonds. The van der Waals surface area contributed by atoms with Gasteiger partial charge in [-0.3, -0.25) is 0 Å². The van der Waals surface area contributed by atoms with E-state index in [1.54, 1.807) is 0 Å². The molecule has 0 radical (unpaired) electrons. The van der Waals surface area contributed by atoms with Gasteiger partial charge < -0.3 is 4.90 Å². The van der Waals surface area contributed by atoms with Gasteiger partial charge in [0.05, 0.1) is 0 Å². The van der Waals surface area contributed by atoms with Crippen molar-refractivity contribution in [2.45, 2.75) is 18.8 Å². The zero-order chi connectivity index (χ0) is 10.5. The van der Waals surface area contributed by atoms with E-state index in [1.807, 2.05) is 0 Å². The van der Waals surface area contributed by atoms with Crippen molar-refractivity contribution in [3.05, 3.63) is 35.9 Å². The minimum Gasteiger partial charge on any atom is -0.303 e. The maximum Gasteiger partial charge on any atom is 0.00508 e. The van der Waals surface area contributed by atoms with E-state index < -0.39 is 0 Å². The number of likely N-dealkylation sites (tertiary alicyclic amines) is 1. The van der Waals surface area contributed by atoms with E-state index in [1.165, 1.54) is 38.0 Å². The fourth-order valence-electron chi connectivity index (χ4n) is 2.33. The topological polar surface area (TPSA) is 3.24 Å². The van der Waals surface area contributed by atoms with Crippen LogP contribution in [0.25, 0.3) is 0 Å². The average Bonchev–Trinajstić information content (AvgIpc) is 2.76. The average molecular weight is 221 g/mol. The van der Waals surface area contributed by atoms with Crippen LogP contribution in [0.1, 0.15) is 24.3 Å². The molecular formula is C13H19NS. The highest BCUT2D eigenvalue weighted by Gasteiger charge is 2.22. The van der Waals surface area contributed by atoms with Crippen LogP contribution in [0.4, 0.5) is 0 Å². The normalized spacial score (nSPS) is 22.1. The molecule has 1 fully saturated rings. The number of hydrogen-bond donors (Lipinski definition) is 1. The third kappa shape index (κ3) is 2.99. The molecule has 1 saturated heterocycles. The van der Waals surface area contributed by atoms with Gasteiger partial charge in [-0.15, -0.1) is 0 Å². The lowest BCUT2D eigenvalue weighted by molar-refractivity contribution is 0.336. The van der Waals surface area contributed by atoms with Crippen molar-refractivity contribution in [2.75, 3.05) is 25.4 Å². The van der Waals surface area contributed by atoms with Gasteiger partial charge in [0, 0.05) is 6.54 Å². The molecule has 1 nitrogen and oxygen atoms in total. The minimum atomic E-state index is 0.756. The Morgan fingerprint density at radius 1 is 1.27 bits per heavy atom. The van der Waals surface area contributed by atoms with Crippen molar-refractivity contribution in [1.29, 1.82) is 0 Å². The van der Waals surface area contributed by atoms with E-state index in [-0.39, 0.29) is 0 Å². The first-order chi connectivity index (χ1) is 7.40. The summed E-state index contributed by atoms with van der Waals surface area (Å²) in [5.41, 5.74) is 1.51. The van der Waals surface area contributed by atoms with Gasteiger partial charge in [0.2, 0.25) is 0 Å². The molecule has 1 atom stereocenters. The molecule has 15 heavy (non-hydrogen) atoms. The Hall–Kier alpha value is -0.470. The molecular weight excluding hydrogens is 202 g/mol. The molecule has 2 rings (SSSR count). The third-order valence-electron chi connectivity index (χ3n) is 3.18. The van der Waals surface area contributed by atoms with Gasteiger partial charge in [-0.2, -0.15) is 12.6 Å². The van der Waals surface area contributed by atoms with Gasteiger partial charge in [0.15, 0.2) is 0 Å². The van der Waals surface area contributed by atoms with E-state index in [9.17, 15) is 0 Å². The highest BCUT2D eigenvalue weighted by molar-refractivity contribution is 7.80. The molecule has 1 aromatic carbocycles. The van der Waals surface area contributed by atoms with Crippen molar-refractivity contribution >= 4 is 12.6 Å². The molecule has 0 bridgehead atoms. The lowest BCUT2D eigenvalue weighted by Crippen LogP contribution is -2.21. The van der Waals surface area contributed by atoms with Crippen LogP contribution in [-0.2, 0) is 0 Å². The summed E-state index contributed by atoms with van der Waals surface area (Å²) in [5.74, 6) is 1.76. The maximum absolute atomic E-state index is 4.26. The molecule has 1 aliphatic rings. The molecule has 0 aliphatic carbocycles. The molecule has 0 aromatic heterocycles. The van der Waals surface area contributed by atoms with Crippen LogP contribution in [0.2, 0.25) is 0 Å². The largest absolute Gasteiger partial charge is 0.303 e. The summed E-state index contributed by atoms with van der Waals surface area (Å²) in [6.45, 7) is 3.71. The number of rotatable bonds is 4. The van der Waals surface area contributed by atoms with Crippen LogP contribution >= 0.6 is 12.6 Å². The quantitative estimate of drug-likeness (QED) is 0.765. The lowest BCUT2D eigenvalue weighted by Gasteiger charge is -2.15. The van der Waals surface area contributed by atoms with Crippen LogP contribution in [0.5, 0.6) is 0 Å². The SMILES string of the molecule is SCCCN1CCC(c2ccccc2)C1. The fraction of sp³-hybridized carbons (Fsp3) is 0.538. The first kappa shape index (κ1) is 11.0. The smallest absolute Gasteiger partial charge is 0.00508 e. The summed E-state index contributed by atoms with van der Waals surface area (Å²) in [7, 11) is 0. The van der Waals surface area contributed by atoms with Crippen LogP contribution in [-0.4, -0.2) is 30.3 Å². The van der Waals surface area contributed by atoms with Crippen molar-refractivity contribution in [3.8, 4) is 0 Å². The summed E-state index contributed by atoms with van der Waals surface area (Å²) in [5, 5.41) is 0. The second-order valence-electron chi connectivity index (χ2n) is 4.27. The Kier molecular flexibility index (Phi) is 4.09. The number of benzene rings is 1. The van der Waals surface area contributed by atoms with Gasteiger partial charge in [-0.1, -0.05) is 30.3 Å². The number of hydrogen-bond acceptors (Lipinski definition) is 2. The summed E-state index contributed by atoms with van der Waals surface area (Å²) >= 11 is 4.26. The Balaban J connectivity index is 1.87. The molecule has 1 unspecified atom stereocenters. The Labute approximate surface area is 97.9 Å². The zero-order valence-electron chi connectivity index (χ0n) is 9.10. The summed E-state index contributed by atoms with van der Waals surface area (Å²) in [6, 6.07) is 10.9. The molecule has 2 heteroatoms. The predicted octanol–water partition coefficient (Wildman–Crippen LogP) is 2.80. The molecule has 1 aliphatic heterocycles.